The van der Waals surface area contributed by atoms with Crippen molar-refractivity contribution in [3.63, 3.8) is 0 Å². The lowest BCUT2D eigenvalue weighted by Crippen LogP contribution is -2.42. The summed E-state index contributed by atoms with van der Waals surface area (Å²) in [6, 6.07) is 5.58. The number of carbonyl (C=O) groups excluding carboxylic acids is 1. The number of benzene rings is 1. The first-order valence-corrected chi connectivity index (χ1v) is 7.68. The van der Waals surface area contributed by atoms with Gasteiger partial charge in [0.25, 0.3) is 5.91 Å². The number of nitrogen functional groups attached to an aromatic ring is 1. The lowest BCUT2D eigenvalue weighted by molar-refractivity contribution is 0.0594. The second-order valence-corrected chi connectivity index (χ2v) is 6.16. The highest BCUT2D eigenvalue weighted by Gasteiger charge is 2.34. The topological polar surface area (TPSA) is 55.6 Å². The average molecular weight is 341 g/mol. The lowest BCUT2D eigenvalue weighted by atomic mass is 10.1. The Bertz CT molecular complexity index is 489. The van der Waals surface area contributed by atoms with Gasteiger partial charge in [0.1, 0.15) is 0 Å². The first kappa shape index (κ1) is 15.3. The molecule has 0 radical (unpaired) electrons. The van der Waals surface area contributed by atoms with Gasteiger partial charge in [-0.2, -0.15) is 0 Å². The molecule has 2 rings (SSSR count). The molecule has 20 heavy (non-hydrogen) atoms. The van der Waals surface area contributed by atoms with E-state index >= 15 is 0 Å². The largest absolute Gasteiger partial charge is 0.398 e. The molecule has 1 aromatic rings. The monoisotopic (exact) mass is 340 g/mol. The number of nitrogens with zero attached hydrogens (tertiary/aromatic N) is 1. The van der Waals surface area contributed by atoms with Crippen LogP contribution in [0.5, 0.6) is 0 Å². The Balaban J connectivity index is 2.17. The molecule has 1 unspecified atom stereocenters. The minimum absolute atomic E-state index is 0.0437. The van der Waals surface area contributed by atoms with Crippen LogP contribution in [0.4, 0.5) is 5.69 Å². The Labute approximate surface area is 128 Å². The van der Waals surface area contributed by atoms with E-state index in [1.54, 1.807) is 25.3 Å². The Hall–Kier alpha value is -1.07. The van der Waals surface area contributed by atoms with E-state index in [2.05, 4.69) is 22.9 Å². The van der Waals surface area contributed by atoms with Crippen LogP contribution in [0.15, 0.2) is 22.7 Å². The number of rotatable bonds is 6. The van der Waals surface area contributed by atoms with Crippen molar-refractivity contribution in [2.24, 2.45) is 5.92 Å². The van der Waals surface area contributed by atoms with E-state index in [4.69, 9.17) is 10.5 Å². The number of carbonyl (C=O) groups is 1. The van der Waals surface area contributed by atoms with Gasteiger partial charge in [-0.05, 0) is 59.8 Å². The molecule has 110 valence electrons. The minimum atomic E-state index is 0.0437. The highest BCUT2D eigenvalue weighted by atomic mass is 79.9. The highest BCUT2D eigenvalue weighted by molar-refractivity contribution is 9.10. The quantitative estimate of drug-likeness (QED) is 0.810. The number of hydrogen-bond donors (Lipinski definition) is 1. The minimum Gasteiger partial charge on any atom is -0.398 e. The van der Waals surface area contributed by atoms with Gasteiger partial charge in [-0.1, -0.05) is 0 Å². The predicted molar refractivity (Wildman–Crippen MR) is 83.7 cm³/mol. The van der Waals surface area contributed by atoms with Crippen molar-refractivity contribution >= 4 is 27.5 Å². The maximum Gasteiger partial charge on any atom is 0.254 e. The number of nitrogens with two attached hydrogens (primary N) is 1. The van der Waals surface area contributed by atoms with Crippen molar-refractivity contribution in [1.29, 1.82) is 0 Å². The number of amides is 1. The molecule has 2 N–H and O–H groups in total. The van der Waals surface area contributed by atoms with Crippen molar-refractivity contribution in [3.05, 3.63) is 28.2 Å². The Morgan fingerprint density at radius 1 is 1.55 bits per heavy atom. The SMILES string of the molecule is COCCN(C(=O)c1ccc(N)c(Br)c1)C(C)C1CC1. The summed E-state index contributed by atoms with van der Waals surface area (Å²) < 4.78 is 5.89. The number of ether oxygens (including phenoxy) is 1. The zero-order valence-corrected chi connectivity index (χ0v) is 13.5. The molecule has 1 atom stereocenters. The molecule has 1 aromatic carbocycles. The maximum atomic E-state index is 12.7. The van der Waals surface area contributed by atoms with E-state index in [-0.39, 0.29) is 11.9 Å². The predicted octanol–water partition coefficient (Wildman–Crippen LogP) is 2.92. The van der Waals surface area contributed by atoms with Crippen LogP contribution >= 0.6 is 15.9 Å². The summed E-state index contributed by atoms with van der Waals surface area (Å²) in [7, 11) is 1.66. The molecular weight excluding hydrogens is 320 g/mol. The summed E-state index contributed by atoms with van der Waals surface area (Å²) >= 11 is 3.37. The van der Waals surface area contributed by atoms with Gasteiger partial charge in [0.2, 0.25) is 0 Å². The Morgan fingerprint density at radius 3 is 2.80 bits per heavy atom. The van der Waals surface area contributed by atoms with Gasteiger partial charge in [-0.25, -0.2) is 0 Å². The molecule has 0 saturated heterocycles. The third-order valence-corrected chi connectivity index (χ3v) is 4.53. The summed E-state index contributed by atoms with van der Waals surface area (Å²) in [5, 5.41) is 0. The van der Waals surface area contributed by atoms with E-state index in [0.29, 0.717) is 30.3 Å². The second-order valence-electron chi connectivity index (χ2n) is 5.31. The normalized spacial score (nSPS) is 15.9. The molecule has 1 saturated carbocycles. The van der Waals surface area contributed by atoms with E-state index in [9.17, 15) is 4.79 Å². The van der Waals surface area contributed by atoms with Gasteiger partial charge >= 0.3 is 0 Å². The van der Waals surface area contributed by atoms with Crippen LogP contribution < -0.4 is 5.73 Å². The molecule has 0 aromatic heterocycles. The zero-order valence-electron chi connectivity index (χ0n) is 11.9. The fourth-order valence-electron chi connectivity index (χ4n) is 2.34. The van der Waals surface area contributed by atoms with Crippen LogP contribution in [-0.2, 0) is 4.74 Å². The highest BCUT2D eigenvalue weighted by Crippen LogP contribution is 2.35. The molecule has 5 heteroatoms. The molecule has 0 heterocycles. The number of anilines is 1. The van der Waals surface area contributed by atoms with Crippen molar-refractivity contribution in [1.82, 2.24) is 4.90 Å². The van der Waals surface area contributed by atoms with Crippen molar-refractivity contribution in [2.75, 3.05) is 26.0 Å². The smallest absolute Gasteiger partial charge is 0.254 e. The number of methoxy groups -OCH3 is 1. The Morgan fingerprint density at radius 2 is 2.25 bits per heavy atom. The van der Waals surface area contributed by atoms with Crippen LogP contribution in [0.1, 0.15) is 30.1 Å². The van der Waals surface area contributed by atoms with Crippen LogP contribution in [0.3, 0.4) is 0 Å². The molecule has 1 aliphatic carbocycles. The summed E-state index contributed by atoms with van der Waals surface area (Å²) in [5.41, 5.74) is 7.07. The van der Waals surface area contributed by atoms with Crippen LogP contribution in [0, 0.1) is 5.92 Å². The standard InChI is InChI=1S/C15H21BrN2O2/c1-10(11-3-4-11)18(7-8-20-2)15(19)12-5-6-14(17)13(16)9-12/h5-6,9-11H,3-4,7-8,17H2,1-2H3. The molecule has 1 aliphatic rings. The molecular formula is C15H21BrN2O2. The third-order valence-electron chi connectivity index (χ3n) is 3.84. The van der Waals surface area contributed by atoms with Crippen molar-refractivity contribution < 1.29 is 9.53 Å². The second kappa shape index (κ2) is 6.59. The van der Waals surface area contributed by atoms with Crippen LogP contribution in [0.25, 0.3) is 0 Å². The molecule has 0 aliphatic heterocycles. The maximum absolute atomic E-state index is 12.7. The van der Waals surface area contributed by atoms with Gasteiger partial charge in [-0.3, -0.25) is 4.79 Å². The van der Waals surface area contributed by atoms with Crippen molar-refractivity contribution in [2.45, 2.75) is 25.8 Å². The van der Waals surface area contributed by atoms with E-state index in [1.165, 1.54) is 12.8 Å². The summed E-state index contributed by atoms with van der Waals surface area (Å²) in [4.78, 5) is 14.6. The molecule has 4 nitrogen and oxygen atoms in total. The third kappa shape index (κ3) is 3.52. The van der Waals surface area contributed by atoms with E-state index < -0.39 is 0 Å². The zero-order chi connectivity index (χ0) is 14.7. The number of hydrogen-bond acceptors (Lipinski definition) is 3. The van der Waals surface area contributed by atoms with Crippen LogP contribution in [0.2, 0.25) is 0 Å². The first-order chi connectivity index (χ1) is 9.54. The van der Waals surface area contributed by atoms with Gasteiger partial charge < -0.3 is 15.4 Å². The first-order valence-electron chi connectivity index (χ1n) is 6.89. The average Bonchev–Trinajstić information content (AvgIpc) is 3.26. The fraction of sp³-hybridized carbons (Fsp3) is 0.533. The van der Waals surface area contributed by atoms with Gasteiger partial charge in [-0.15, -0.1) is 0 Å². The Kier molecular flexibility index (Phi) is 5.05. The molecule has 1 amide bonds. The van der Waals surface area contributed by atoms with E-state index in [0.717, 1.165) is 4.47 Å². The summed E-state index contributed by atoms with van der Waals surface area (Å²) in [6.07, 6.45) is 2.42. The lowest BCUT2D eigenvalue weighted by Gasteiger charge is -2.29. The van der Waals surface area contributed by atoms with E-state index in [1.807, 2.05) is 4.90 Å². The summed E-state index contributed by atoms with van der Waals surface area (Å²) in [6.45, 7) is 3.30. The molecule has 0 spiro atoms. The van der Waals surface area contributed by atoms with Gasteiger partial charge in [0.05, 0.1) is 6.61 Å². The van der Waals surface area contributed by atoms with Gasteiger partial charge in [0.15, 0.2) is 0 Å². The molecule has 0 bridgehead atoms. The van der Waals surface area contributed by atoms with Crippen molar-refractivity contribution in [3.8, 4) is 0 Å². The number of halogens is 1. The molecule has 1 fully saturated rings. The fourth-order valence-corrected chi connectivity index (χ4v) is 2.72. The van der Waals surface area contributed by atoms with Gasteiger partial charge in [0, 0.05) is 35.4 Å². The van der Waals surface area contributed by atoms with Crippen LogP contribution in [-0.4, -0.2) is 37.1 Å². The summed E-state index contributed by atoms with van der Waals surface area (Å²) in [5.74, 6) is 0.676.